The van der Waals surface area contributed by atoms with Crippen molar-refractivity contribution in [2.45, 2.75) is 12.3 Å². The number of thiophene rings is 1. The lowest BCUT2D eigenvalue weighted by Crippen LogP contribution is -2.16. The van der Waals surface area contributed by atoms with Crippen molar-refractivity contribution in [1.29, 1.82) is 0 Å². The monoisotopic (exact) mass is 208 g/mol. The largest absolute Gasteiger partial charge is 0.414 e. The van der Waals surface area contributed by atoms with Gasteiger partial charge in [0, 0.05) is 4.88 Å². The summed E-state index contributed by atoms with van der Waals surface area (Å²) in [5.74, 6) is 0. The molecule has 0 fully saturated rings. The summed E-state index contributed by atoms with van der Waals surface area (Å²) in [7, 11) is 0. The number of hydrogen-bond acceptors (Lipinski definition) is 2. The zero-order chi connectivity index (χ0) is 10.1. The van der Waals surface area contributed by atoms with E-state index in [0.29, 0.717) is 0 Å². The van der Waals surface area contributed by atoms with Gasteiger partial charge in [-0.1, -0.05) is 12.6 Å². The second kappa shape index (κ2) is 3.51. The molecular weight excluding hydrogens is 201 g/mol. The first kappa shape index (κ1) is 10.3. The van der Waals surface area contributed by atoms with Gasteiger partial charge in [-0.3, -0.25) is 0 Å². The Morgan fingerprint density at radius 2 is 2.15 bits per heavy atom. The zero-order valence-electron chi connectivity index (χ0n) is 6.51. The Hall–Kier alpha value is -0.810. The summed E-state index contributed by atoms with van der Waals surface area (Å²) in [6.07, 6.45) is -6.18. The average Bonchev–Trinajstić information content (AvgIpc) is 2.51. The van der Waals surface area contributed by atoms with E-state index in [4.69, 9.17) is 0 Å². The summed E-state index contributed by atoms with van der Waals surface area (Å²) in [6, 6.07) is 3.01. The van der Waals surface area contributed by atoms with E-state index in [9.17, 15) is 18.3 Å². The van der Waals surface area contributed by atoms with Gasteiger partial charge in [0.1, 0.15) is 6.10 Å². The van der Waals surface area contributed by atoms with Gasteiger partial charge in [-0.25, -0.2) is 0 Å². The molecular formula is C8H7F3OS. The van der Waals surface area contributed by atoms with E-state index < -0.39 is 17.9 Å². The smallest absolute Gasteiger partial charge is 0.383 e. The van der Waals surface area contributed by atoms with E-state index >= 15 is 0 Å². The molecule has 0 aliphatic carbocycles. The van der Waals surface area contributed by atoms with Crippen molar-refractivity contribution >= 4 is 11.3 Å². The van der Waals surface area contributed by atoms with Gasteiger partial charge in [0.2, 0.25) is 0 Å². The lowest BCUT2D eigenvalue weighted by atomic mass is 10.1. The van der Waals surface area contributed by atoms with Gasteiger partial charge in [0.15, 0.2) is 0 Å². The molecule has 0 aliphatic rings. The fraction of sp³-hybridized carbons (Fsp3) is 0.250. The predicted octanol–water partition coefficient (Wildman–Crippen LogP) is 2.90. The lowest BCUT2D eigenvalue weighted by molar-refractivity contribution is -0.105. The van der Waals surface area contributed by atoms with Crippen LogP contribution in [0.5, 0.6) is 0 Å². The first-order valence-corrected chi connectivity index (χ1v) is 4.28. The molecule has 1 rings (SSSR count). The highest BCUT2D eigenvalue weighted by Gasteiger charge is 2.37. The molecule has 1 atom stereocenters. The van der Waals surface area contributed by atoms with Crippen molar-refractivity contribution in [1.82, 2.24) is 0 Å². The molecule has 0 aromatic carbocycles. The van der Waals surface area contributed by atoms with Crippen LogP contribution in [-0.2, 0) is 0 Å². The topological polar surface area (TPSA) is 20.2 Å². The van der Waals surface area contributed by atoms with Crippen LogP contribution in [0.4, 0.5) is 13.2 Å². The van der Waals surface area contributed by atoms with E-state index in [0.717, 1.165) is 11.3 Å². The van der Waals surface area contributed by atoms with Gasteiger partial charge in [-0.05, 0) is 11.4 Å². The van der Waals surface area contributed by atoms with Crippen LogP contribution >= 0.6 is 11.3 Å². The molecule has 1 N–H and O–H groups in total. The van der Waals surface area contributed by atoms with Crippen molar-refractivity contribution in [2.24, 2.45) is 0 Å². The summed E-state index contributed by atoms with van der Waals surface area (Å²) < 4.78 is 36.1. The summed E-state index contributed by atoms with van der Waals surface area (Å²) in [6.45, 7) is 2.81. The Morgan fingerprint density at radius 1 is 1.54 bits per heavy atom. The highest BCUT2D eigenvalue weighted by atomic mass is 32.1. The third-order valence-electron chi connectivity index (χ3n) is 1.51. The molecule has 5 heteroatoms. The molecule has 0 spiro atoms. The summed E-state index contributed by atoms with van der Waals surface area (Å²) in [5, 5.41) is 10.8. The minimum atomic E-state index is -4.54. The number of halogens is 3. The zero-order valence-corrected chi connectivity index (χ0v) is 7.32. The first-order chi connectivity index (χ1) is 5.93. The van der Waals surface area contributed by atoms with Crippen molar-refractivity contribution in [3.8, 4) is 0 Å². The van der Waals surface area contributed by atoms with E-state index in [1.807, 2.05) is 0 Å². The van der Waals surface area contributed by atoms with Crippen LogP contribution in [0.15, 0.2) is 29.7 Å². The molecule has 0 radical (unpaired) electrons. The standard InChI is InChI=1S/C8H7F3OS/c1-5(8(9,10)11)7(12)6-3-2-4-13-6/h2-4,7,12H,1H2. The van der Waals surface area contributed by atoms with Crippen molar-refractivity contribution in [2.75, 3.05) is 0 Å². The van der Waals surface area contributed by atoms with Gasteiger partial charge in [-0.2, -0.15) is 13.2 Å². The predicted molar refractivity (Wildman–Crippen MR) is 44.5 cm³/mol. The molecule has 1 nitrogen and oxygen atoms in total. The Kier molecular flexibility index (Phi) is 2.77. The maximum absolute atomic E-state index is 12.0. The third kappa shape index (κ3) is 2.32. The molecule has 0 bridgehead atoms. The number of hydrogen-bond donors (Lipinski definition) is 1. The molecule has 0 saturated carbocycles. The van der Waals surface area contributed by atoms with Crippen LogP contribution in [0.3, 0.4) is 0 Å². The van der Waals surface area contributed by atoms with Gasteiger partial charge < -0.3 is 5.11 Å². The van der Waals surface area contributed by atoms with E-state index in [-0.39, 0.29) is 4.88 Å². The number of alkyl halides is 3. The number of aliphatic hydroxyl groups excluding tert-OH is 1. The number of rotatable bonds is 2. The van der Waals surface area contributed by atoms with E-state index in [2.05, 4.69) is 6.58 Å². The van der Waals surface area contributed by atoms with E-state index in [1.165, 1.54) is 6.07 Å². The Bertz CT molecular complexity index is 289. The van der Waals surface area contributed by atoms with E-state index in [1.54, 1.807) is 11.4 Å². The van der Waals surface area contributed by atoms with Gasteiger partial charge >= 0.3 is 6.18 Å². The SMILES string of the molecule is C=C(C(O)c1cccs1)C(F)(F)F. The maximum atomic E-state index is 12.0. The molecule has 1 unspecified atom stereocenters. The van der Waals surface area contributed by atoms with Crippen LogP contribution in [0, 0.1) is 0 Å². The normalized spacial score (nSPS) is 14.2. The second-order valence-electron chi connectivity index (χ2n) is 2.44. The van der Waals surface area contributed by atoms with Crippen molar-refractivity contribution < 1.29 is 18.3 Å². The molecule has 1 heterocycles. The van der Waals surface area contributed by atoms with Crippen LogP contribution in [-0.4, -0.2) is 11.3 Å². The molecule has 0 aliphatic heterocycles. The van der Waals surface area contributed by atoms with Crippen molar-refractivity contribution in [3.05, 3.63) is 34.5 Å². The van der Waals surface area contributed by atoms with Crippen LogP contribution in [0.25, 0.3) is 0 Å². The molecule has 1 aromatic heterocycles. The quantitative estimate of drug-likeness (QED) is 0.741. The van der Waals surface area contributed by atoms with Crippen LogP contribution in [0.1, 0.15) is 11.0 Å². The molecule has 0 amide bonds. The minimum Gasteiger partial charge on any atom is -0.383 e. The Balaban J connectivity index is 2.81. The molecule has 72 valence electrons. The van der Waals surface area contributed by atoms with Crippen LogP contribution < -0.4 is 0 Å². The lowest BCUT2D eigenvalue weighted by Gasteiger charge is -2.14. The van der Waals surface area contributed by atoms with Crippen LogP contribution in [0.2, 0.25) is 0 Å². The maximum Gasteiger partial charge on any atom is 0.414 e. The summed E-state index contributed by atoms with van der Waals surface area (Å²) >= 11 is 1.06. The van der Waals surface area contributed by atoms with Gasteiger partial charge in [0.25, 0.3) is 0 Å². The summed E-state index contributed by atoms with van der Waals surface area (Å²) in [4.78, 5) is 0.252. The average molecular weight is 208 g/mol. The van der Waals surface area contributed by atoms with Gasteiger partial charge in [-0.15, -0.1) is 11.3 Å². The van der Waals surface area contributed by atoms with Gasteiger partial charge in [0.05, 0.1) is 5.57 Å². The first-order valence-electron chi connectivity index (χ1n) is 3.40. The highest BCUT2D eigenvalue weighted by molar-refractivity contribution is 7.10. The third-order valence-corrected chi connectivity index (χ3v) is 2.43. The Morgan fingerprint density at radius 3 is 2.54 bits per heavy atom. The second-order valence-corrected chi connectivity index (χ2v) is 3.42. The highest BCUT2D eigenvalue weighted by Crippen LogP contribution is 2.35. The van der Waals surface area contributed by atoms with Crippen molar-refractivity contribution in [3.63, 3.8) is 0 Å². The fourth-order valence-corrected chi connectivity index (χ4v) is 1.52. The molecule has 1 aromatic rings. The summed E-state index contributed by atoms with van der Waals surface area (Å²) in [5.41, 5.74) is -1.13. The molecule has 13 heavy (non-hydrogen) atoms. The molecule has 0 saturated heterocycles. The number of aliphatic hydroxyl groups is 1. The Labute approximate surface area is 77.1 Å². The fourth-order valence-electron chi connectivity index (χ4n) is 0.774. The minimum absolute atomic E-state index is 0.252.